The molecule has 0 aromatic heterocycles. The second-order valence-corrected chi connectivity index (χ2v) is 4.80. The SMILES string of the molecule is CCCC[C@H](C)C(NCc1ccccc1)C(=O)O.Cl. The highest BCUT2D eigenvalue weighted by Gasteiger charge is 2.23. The van der Waals surface area contributed by atoms with Gasteiger partial charge >= 0.3 is 5.97 Å². The Labute approximate surface area is 121 Å². The molecule has 1 aromatic rings. The molecule has 0 aliphatic rings. The number of halogens is 1. The van der Waals surface area contributed by atoms with E-state index in [1.807, 2.05) is 37.3 Å². The maximum absolute atomic E-state index is 11.3. The zero-order valence-electron chi connectivity index (χ0n) is 11.6. The van der Waals surface area contributed by atoms with Gasteiger partial charge in [-0.3, -0.25) is 4.79 Å². The summed E-state index contributed by atoms with van der Waals surface area (Å²) in [4.78, 5) is 11.3. The minimum Gasteiger partial charge on any atom is -0.480 e. The van der Waals surface area contributed by atoms with Crippen molar-refractivity contribution in [2.24, 2.45) is 5.92 Å². The first kappa shape index (κ1) is 17.9. The normalized spacial score (nSPS) is 13.4. The molecular formula is C15H24ClNO2. The fourth-order valence-corrected chi connectivity index (χ4v) is 2.05. The number of carbonyl (C=O) groups is 1. The van der Waals surface area contributed by atoms with E-state index in [0.29, 0.717) is 6.54 Å². The minimum atomic E-state index is -0.755. The Bertz CT molecular complexity index is 356. The van der Waals surface area contributed by atoms with Crippen molar-refractivity contribution < 1.29 is 9.90 Å². The Kier molecular flexibility index (Phi) is 9.27. The van der Waals surface area contributed by atoms with E-state index < -0.39 is 12.0 Å². The number of carboxylic acid groups (broad SMARTS) is 1. The zero-order valence-corrected chi connectivity index (χ0v) is 12.5. The number of rotatable bonds is 8. The summed E-state index contributed by atoms with van der Waals surface area (Å²) >= 11 is 0. The molecule has 2 atom stereocenters. The van der Waals surface area contributed by atoms with Gasteiger partial charge in [-0.2, -0.15) is 0 Å². The van der Waals surface area contributed by atoms with E-state index in [1.165, 1.54) is 0 Å². The van der Waals surface area contributed by atoms with Crippen LogP contribution in [-0.4, -0.2) is 17.1 Å². The van der Waals surface area contributed by atoms with Gasteiger partial charge in [-0.05, 0) is 17.9 Å². The summed E-state index contributed by atoms with van der Waals surface area (Å²) in [6.45, 7) is 4.74. The van der Waals surface area contributed by atoms with Crippen LogP contribution >= 0.6 is 12.4 Å². The number of hydrogen-bond acceptors (Lipinski definition) is 2. The quantitative estimate of drug-likeness (QED) is 0.769. The lowest BCUT2D eigenvalue weighted by Gasteiger charge is -2.21. The smallest absolute Gasteiger partial charge is 0.320 e. The molecule has 0 spiro atoms. The van der Waals surface area contributed by atoms with Gasteiger partial charge in [0.25, 0.3) is 0 Å². The van der Waals surface area contributed by atoms with Gasteiger partial charge in [-0.1, -0.05) is 57.0 Å². The Hall–Kier alpha value is -1.06. The van der Waals surface area contributed by atoms with Crippen molar-refractivity contribution >= 4 is 18.4 Å². The second kappa shape index (κ2) is 9.82. The molecule has 0 aliphatic carbocycles. The summed E-state index contributed by atoms with van der Waals surface area (Å²) in [5, 5.41) is 12.4. The van der Waals surface area contributed by atoms with Gasteiger partial charge < -0.3 is 10.4 Å². The van der Waals surface area contributed by atoms with Gasteiger partial charge in [-0.25, -0.2) is 0 Å². The first-order chi connectivity index (χ1) is 8.65. The largest absolute Gasteiger partial charge is 0.480 e. The second-order valence-electron chi connectivity index (χ2n) is 4.80. The predicted molar refractivity (Wildman–Crippen MR) is 80.6 cm³/mol. The summed E-state index contributed by atoms with van der Waals surface area (Å²) in [5.74, 6) is -0.597. The van der Waals surface area contributed by atoms with Crippen molar-refractivity contribution in [3.05, 3.63) is 35.9 Å². The standard InChI is InChI=1S/C15H23NO2.ClH/c1-3-4-8-12(2)14(15(17)18)16-11-13-9-6-5-7-10-13;/h5-7,9-10,12,14,16H,3-4,8,11H2,1-2H3,(H,17,18);1H/t12-,14?;/m0./s1. The lowest BCUT2D eigenvalue weighted by molar-refractivity contribution is -0.141. The third kappa shape index (κ3) is 6.60. The van der Waals surface area contributed by atoms with Crippen LogP contribution in [0, 0.1) is 5.92 Å². The fraction of sp³-hybridized carbons (Fsp3) is 0.533. The summed E-state index contributed by atoms with van der Waals surface area (Å²) in [5.41, 5.74) is 1.12. The Morgan fingerprint density at radius 3 is 2.47 bits per heavy atom. The molecule has 19 heavy (non-hydrogen) atoms. The number of unbranched alkanes of at least 4 members (excludes halogenated alkanes) is 1. The maximum Gasteiger partial charge on any atom is 0.320 e. The molecule has 2 N–H and O–H groups in total. The number of nitrogens with one attached hydrogen (secondary N) is 1. The Balaban J connectivity index is 0.00000324. The lowest BCUT2D eigenvalue weighted by Crippen LogP contribution is -2.41. The third-order valence-corrected chi connectivity index (χ3v) is 3.22. The van der Waals surface area contributed by atoms with E-state index >= 15 is 0 Å². The van der Waals surface area contributed by atoms with E-state index in [4.69, 9.17) is 0 Å². The molecule has 0 bridgehead atoms. The average molecular weight is 286 g/mol. The van der Waals surface area contributed by atoms with Crippen LogP contribution in [0.4, 0.5) is 0 Å². The highest BCUT2D eigenvalue weighted by Crippen LogP contribution is 2.13. The molecule has 0 saturated heterocycles. The third-order valence-electron chi connectivity index (χ3n) is 3.22. The summed E-state index contributed by atoms with van der Waals surface area (Å²) in [6, 6.07) is 9.44. The van der Waals surface area contributed by atoms with Crippen molar-refractivity contribution in [2.75, 3.05) is 0 Å². The van der Waals surface area contributed by atoms with Crippen LogP contribution < -0.4 is 5.32 Å². The van der Waals surface area contributed by atoms with Crippen LogP contribution in [0.1, 0.15) is 38.7 Å². The molecule has 108 valence electrons. The summed E-state index contributed by atoms with van der Waals surface area (Å²) < 4.78 is 0. The fourth-order valence-electron chi connectivity index (χ4n) is 2.05. The monoisotopic (exact) mass is 285 g/mol. The van der Waals surface area contributed by atoms with Gasteiger partial charge in [-0.15, -0.1) is 12.4 Å². The van der Waals surface area contributed by atoms with Crippen LogP contribution in [0.2, 0.25) is 0 Å². The number of hydrogen-bond donors (Lipinski definition) is 2. The predicted octanol–water partition coefficient (Wildman–Crippen LogP) is 3.48. The van der Waals surface area contributed by atoms with E-state index in [9.17, 15) is 9.90 Å². The van der Waals surface area contributed by atoms with Gasteiger partial charge in [0, 0.05) is 6.54 Å². The zero-order chi connectivity index (χ0) is 13.4. The van der Waals surface area contributed by atoms with Gasteiger partial charge in [0.2, 0.25) is 0 Å². The average Bonchev–Trinajstić information content (AvgIpc) is 2.37. The highest BCUT2D eigenvalue weighted by molar-refractivity contribution is 5.85. The number of benzene rings is 1. The molecule has 0 amide bonds. The Morgan fingerprint density at radius 2 is 1.95 bits per heavy atom. The maximum atomic E-state index is 11.3. The highest BCUT2D eigenvalue weighted by atomic mass is 35.5. The van der Waals surface area contributed by atoms with E-state index in [2.05, 4.69) is 12.2 Å². The Morgan fingerprint density at radius 1 is 1.32 bits per heavy atom. The molecule has 1 aromatic carbocycles. The van der Waals surface area contributed by atoms with Crippen molar-refractivity contribution in [1.29, 1.82) is 0 Å². The molecule has 0 fully saturated rings. The number of aliphatic carboxylic acids is 1. The van der Waals surface area contributed by atoms with Crippen molar-refractivity contribution in [3.8, 4) is 0 Å². The van der Waals surface area contributed by atoms with Crippen LogP contribution in [0.25, 0.3) is 0 Å². The molecular weight excluding hydrogens is 262 g/mol. The van der Waals surface area contributed by atoms with Crippen molar-refractivity contribution in [3.63, 3.8) is 0 Å². The summed E-state index contributed by atoms with van der Waals surface area (Å²) in [6.07, 6.45) is 3.14. The number of carboxylic acids is 1. The van der Waals surface area contributed by atoms with Crippen LogP contribution in [-0.2, 0) is 11.3 Å². The van der Waals surface area contributed by atoms with Crippen molar-refractivity contribution in [1.82, 2.24) is 5.32 Å². The van der Waals surface area contributed by atoms with Crippen LogP contribution in [0.5, 0.6) is 0 Å². The van der Waals surface area contributed by atoms with Gasteiger partial charge in [0.1, 0.15) is 6.04 Å². The molecule has 0 radical (unpaired) electrons. The lowest BCUT2D eigenvalue weighted by atomic mass is 9.95. The molecule has 3 nitrogen and oxygen atoms in total. The minimum absolute atomic E-state index is 0. The van der Waals surface area contributed by atoms with E-state index in [0.717, 1.165) is 24.8 Å². The molecule has 0 saturated carbocycles. The molecule has 1 unspecified atom stereocenters. The first-order valence-corrected chi connectivity index (χ1v) is 6.65. The summed E-state index contributed by atoms with van der Waals surface area (Å²) in [7, 11) is 0. The van der Waals surface area contributed by atoms with Crippen LogP contribution in [0.3, 0.4) is 0 Å². The molecule has 0 aliphatic heterocycles. The first-order valence-electron chi connectivity index (χ1n) is 6.65. The van der Waals surface area contributed by atoms with E-state index in [1.54, 1.807) is 0 Å². The molecule has 4 heteroatoms. The molecule has 0 heterocycles. The van der Waals surface area contributed by atoms with Gasteiger partial charge in [0.05, 0.1) is 0 Å². The molecule has 1 rings (SSSR count). The van der Waals surface area contributed by atoms with Crippen LogP contribution in [0.15, 0.2) is 30.3 Å². The van der Waals surface area contributed by atoms with E-state index in [-0.39, 0.29) is 18.3 Å². The van der Waals surface area contributed by atoms with Crippen molar-refractivity contribution in [2.45, 2.75) is 45.7 Å². The van der Waals surface area contributed by atoms with Gasteiger partial charge in [0.15, 0.2) is 0 Å². The topological polar surface area (TPSA) is 49.3 Å².